The Bertz CT molecular complexity index is 694. The van der Waals surface area contributed by atoms with Crippen LogP contribution in [-0.2, 0) is 13.0 Å². The molecule has 0 unspecified atom stereocenters. The molecule has 0 aromatic carbocycles. The monoisotopic (exact) mass is 286 g/mol. The second kappa shape index (κ2) is 5.95. The molecule has 3 rings (SSSR count). The molecule has 112 valence electrons. The lowest BCUT2D eigenvalue weighted by atomic mass is 10.1. The van der Waals surface area contributed by atoms with Crippen molar-refractivity contribution in [3.63, 3.8) is 0 Å². The normalized spacial score (nSPS) is 20.0. The number of piperazine rings is 1. The van der Waals surface area contributed by atoms with E-state index in [1.807, 2.05) is 19.2 Å². The highest BCUT2D eigenvalue weighted by molar-refractivity contribution is 5.74. The minimum absolute atomic E-state index is 0.000236. The molecular weight excluding hydrogens is 264 g/mol. The van der Waals surface area contributed by atoms with Crippen molar-refractivity contribution in [3.8, 4) is 0 Å². The molecule has 3 heterocycles. The van der Waals surface area contributed by atoms with Crippen LogP contribution in [0.3, 0.4) is 0 Å². The summed E-state index contributed by atoms with van der Waals surface area (Å²) in [6.07, 6.45) is 2.65. The smallest absolute Gasteiger partial charge is 0.251 e. The summed E-state index contributed by atoms with van der Waals surface area (Å²) in [6.45, 7) is 8.19. The Morgan fingerprint density at radius 1 is 1.43 bits per heavy atom. The summed E-state index contributed by atoms with van der Waals surface area (Å²) in [5.41, 5.74) is 3.64. The molecule has 21 heavy (non-hydrogen) atoms. The highest BCUT2D eigenvalue weighted by Crippen LogP contribution is 2.13. The van der Waals surface area contributed by atoms with Gasteiger partial charge in [0.1, 0.15) is 0 Å². The molecular formula is C16H22N4O. The van der Waals surface area contributed by atoms with Crippen molar-refractivity contribution in [2.24, 2.45) is 0 Å². The van der Waals surface area contributed by atoms with E-state index in [1.54, 1.807) is 0 Å². The number of aromatic amines is 1. The Morgan fingerprint density at radius 3 is 3.05 bits per heavy atom. The maximum atomic E-state index is 11.9. The summed E-state index contributed by atoms with van der Waals surface area (Å²) >= 11 is 0. The predicted molar refractivity (Wildman–Crippen MR) is 84.5 cm³/mol. The van der Waals surface area contributed by atoms with Crippen LogP contribution < -0.4 is 10.9 Å². The van der Waals surface area contributed by atoms with Gasteiger partial charge in [0.2, 0.25) is 0 Å². The molecule has 2 aromatic heterocycles. The minimum atomic E-state index is -0.000236. The molecule has 2 aromatic rings. The van der Waals surface area contributed by atoms with E-state index in [4.69, 9.17) is 0 Å². The SMILES string of the molecule is CCc1cc2ncc(CN3CCN[C@H](C)C3)cc2[nH]c1=O. The second-order valence-electron chi connectivity index (χ2n) is 5.84. The maximum Gasteiger partial charge on any atom is 0.251 e. The summed E-state index contributed by atoms with van der Waals surface area (Å²) in [6, 6.07) is 4.47. The molecule has 1 aliphatic heterocycles. The van der Waals surface area contributed by atoms with Gasteiger partial charge in [0.25, 0.3) is 5.56 Å². The topological polar surface area (TPSA) is 61.0 Å². The van der Waals surface area contributed by atoms with E-state index in [-0.39, 0.29) is 5.56 Å². The first-order valence-corrected chi connectivity index (χ1v) is 7.62. The number of aryl methyl sites for hydroxylation is 1. The molecule has 0 amide bonds. The largest absolute Gasteiger partial charge is 0.320 e. The zero-order valence-electron chi connectivity index (χ0n) is 12.6. The molecule has 1 fully saturated rings. The molecule has 0 saturated carbocycles. The van der Waals surface area contributed by atoms with Gasteiger partial charge in [-0.2, -0.15) is 0 Å². The molecule has 0 aliphatic carbocycles. The molecule has 0 radical (unpaired) electrons. The third kappa shape index (κ3) is 3.14. The van der Waals surface area contributed by atoms with Gasteiger partial charge in [-0.3, -0.25) is 14.7 Å². The van der Waals surface area contributed by atoms with Gasteiger partial charge in [-0.15, -0.1) is 0 Å². The van der Waals surface area contributed by atoms with Gasteiger partial charge in [-0.25, -0.2) is 0 Å². The second-order valence-corrected chi connectivity index (χ2v) is 5.84. The Kier molecular flexibility index (Phi) is 4.03. The zero-order chi connectivity index (χ0) is 14.8. The van der Waals surface area contributed by atoms with E-state index in [1.165, 1.54) is 0 Å². The number of pyridine rings is 2. The Morgan fingerprint density at radius 2 is 2.29 bits per heavy atom. The number of H-pyrrole nitrogens is 1. The lowest BCUT2D eigenvalue weighted by Gasteiger charge is -2.31. The third-order valence-electron chi connectivity index (χ3n) is 4.07. The quantitative estimate of drug-likeness (QED) is 0.892. The van der Waals surface area contributed by atoms with Gasteiger partial charge in [-0.1, -0.05) is 6.92 Å². The number of fused-ring (bicyclic) bond motifs is 1. The van der Waals surface area contributed by atoms with Crippen molar-refractivity contribution in [2.45, 2.75) is 32.9 Å². The number of nitrogens with one attached hydrogen (secondary N) is 2. The molecule has 1 saturated heterocycles. The molecule has 0 spiro atoms. The standard InChI is InChI=1S/C16H22N4O/c1-3-13-7-14-15(19-16(13)21)6-12(8-18-14)10-20-5-4-17-11(2)9-20/h6-8,11,17H,3-5,9-10H2,1-2H3,(H,19,21)/t11-/m1/s1. The van der Waals surface area contributed by atoms with Gasteiger partial charge < -0.3 is 10.3 Å². The van der Waals surface area contributed by atoms with Crippen LogP contribution in [0, 0.1) is 0 Å². The van der Waals surface area contributed by atoms with Crippen molar-refractivity contribution < 1.29 is 0 Å². The van der Waals surface area contributed by atoms with Crippen molar-refractivity contribution in [2.75, 3.05) is 19.6 Å². The fourth-order valence-corrected chi connectivity index (χ4v) is 2.93. The van der Waals surface area contributed by atoms with Crippen LogP contribution in [0.5, 0.6) is 0 Å². The first-order valence-electron chi connectivity index (χ1n) is 7.62. The number of hydrogen-bond acceptors (Lipinski definition) is 4. The summed E-state index contributed by atoms with van der Waals surface area (Å²) in [7, 11) is 0. The lowest BCUT2D eigenvalue weighted by molar-refractivity contribution is 0.199. The highest BCUT2D eigenvalue weighted by atomic mass is 16.1. The van der Waals surface area contributed by atoms with Crippen molar-refractivity contribution >= 4 is 11.0 Å². The van der Waals surface area contributed by atoms with E-state index < -0.39 is 0 Å². The number of aromatic nitrogens is 2. The fraction of sp³-hybridized carbons (Fsp3) is 0.500. The third-order valence-corrected chi connectivity index (χ3v) is 4.07. The molecule has 2 N–H and O–H groups in total. The van der Waals surface area contributed by atoms with Gasteiger partial charge in [0, 0.05) is 44.0 Å². The Hall–Kier alpha value is -1.72. The van der Waals surface area contributed by atoms with Crippen LogP contribution in [0.25, 0.3) is 11.0 Å². The van der Waals surface area contributed by atoms with Crippen LogP contribution in [0.2, 0.25) is 0 Å². The molecule has 5 heteroatoms. The van der Waals surface area contributed by atoms with Gasteiger partial charge in [0.15, 0.2) is 0 Å². The van der Waals surface area contributed by atoms with Gasteiger partial charge in [-0.05, 0) is 31.0 Å². The van der Waals surface area contributed by atoms with Crippen LogP contribution in [-0.4, -0.2) is 40.5 Å². The fourth-order valence-electron chi connectivity index (χ4n) is 2.93. The number of hydrogen-bond donors (Lipinski definition) is 2. The summed E-state index contributed by atoms with van der Waals surface area (Å²) in [4.78, 5) is 21.8. The van der Waals surface area contributed by atoms with Gasteiger partial charge >= 0.3 is 0 Å². The predicted octanol–water partition coefficient (Wildman–Crippen LogP) is 1.28. The maximum absolute atomic E-state index is 11.9. The van der Waals surface area contributed by atoms with Crippen molar-refractivity contribution in [1.82, 2.24) is 20.2 Å². The van der Waals surface area contributed by atoms with Crippen LogP contribution in [0.4, 0.5) is 0 Å². The van der Waals surface area contributed by atoms with Crippen molar-refractivity contribution in [1.29, 1.82) is 0 Å². The van der Waals surface area contributed by atoms with Crippen LogP contribution >= 0.6 is 0 Å². The van der Waals surface area contributed by atoms with Gasteiger partial charge in [0.05, 0.1) is 11.0 Å². The van der Waals surface area contributed by atoms with E-state index in [9.17, 15) is 4.79 Å². The molecule has 0 bridgehead atoms. The average Bonchev–Trinajstić information content (AvgIpc) is 2.46. The van der Waals surface area contributed by atoms with E-state index in [0.29, 0.717) is 6.04 Å². The highest BCUT2D eigenvalue weighted by Gasteiger charge is 2.15. The number of nitrogens with zero attached hydrogens (tertiary/aromatic N) is 2. The van der Waals surface area contributed by atoms with Crippen molar-refractivity contribution in [3.05, 3.63) is 39.8 Å². The molecule has 1 atom stereocenters. The van der Waals surface area contributed by atoms with E-state index >= 15 is 0 Å². The zero-order valence-corrected chi connectivity index (χ0v) is 12.6. The Labute approximate surface area is 124 Å². The first kappa shape index (κ1) is 14.2. The summed E-state index contributed by atoms with van der Waals surface area (Å²) in [5.74, 6) is 0. The summed E-state index contributed by atoms with van der Waals surface area (Å²) in [5, 5.41) is 3.44. The first-order chi connectivity index (χ1) is 10.2. The lowest BCUT2D eigenvalue weighted by Crippen LogP contribution is -2.48. The number of rotatable bonds is 3. The summed E-state index contributed by atoms with van der Waals surface area (Å²) < 4.78 is 0. The van der Waals surface area contributed by atoms with Crippen LogP contribution in [0.1, 0.15) is 25.0 Å². The minimum Gasteiger partial charge on any atom is -0.320 e. The molecule has 5 nitrogen and oxygen atoms in total. The van der Waals surface area contributed by atoms with Crippen LogP contribution in [0.15, 0.2) is 23.1 Å². The van der Waals surface area contributed by atoms with E-state index in [2.05, 4.69) is 33.2 Å². The van der Waals surface area contributed by atoms with E-state index in [0.717, 1.165) is 54.8 Å². The average molecular weight is 286 g/mol. The molecule has 1 aliphatic rings. The Balaban J connectivity index is 1.85.